The fraction of sp³-hybridized carbons (Fsp3) is 0.667. The molecule has 0 aliphatic heterocycles. The molecule has 1 unspecified atom stereocenters. The molecule has 8 heteroatoms. The number of esters is 2. The van der Waals surface area contributed by atoms with Crippen molar-refractivity contribution in [2.45, 2.75) is 26.8 Å². The van der Waals surface area contributed by atoms with Crippen LogP contribution in [0.25, 0.3) is 0 Å². The molecule has 0 aromatic heterocycles. The van der Waals surface area contributed by atoms with E-state index in [9.17, 15) is 19.2 Å². The summed E-state index contributed by atoms with van der Waals surface area (Å²) in [6, 6.07) is -1.47. The normalized spacial score (nSPS) is 11.2. The molecular weight excluding hydrogens is 268 g/mol. The maximum atomic E-state index is 12.0. The molecule has 0 saturated heterocycles. The largest absolute Gasteiger partial charge is 0.465 e. The van der Waals surface area contributed by atoms with Gasteiger partial charge in [0.15, 0.2) is 0 Å². The summed E-state index contributed by atoms with van der Waals surface area (Å²) in [7, 11) is 1.33. The predicted molar refractivity (Wildman–Crippen MR) is 68.5 cm³/mol. The Kier molecular flexibility index (Phi) is 7.95. The first-order valence-corrected chi connectivity index (χ1v) is 6.17. The molecule has 0 radical (unpaired) electrons. The lowest BCUT2D eigenvalue weighted by molar-refractivity contribution is -0.156. The molecule has 0 bridgehead atoms. The lowest BCUT2D eigenvalue weighted by atomic mass is 10.2. The smallest absolute Gasteiger partial charge is 0.338 e. The van der Waals surface area contributed by atoms with E-state index in [1.165, 1.54) is 14.0 Å². The minimum Gasteiger partial charge on any atom is -0.465 e. The monoisotopic (exact) mass is 288 g/mol. The van der Waals surface area contributed by atoms with Gasteiger partial charge in [0.1, 0.15) is 6.54 Å². The summed E-state index contributed by atoms with van der Waals surface area (Å²) in [4.78, 5) is 47.0. The fourth-order valence-electron chi connectivity index (χ4n) is 1.35. The summed E-state index contributed by atoms with van der Waals surface area (Å²) in [5.74, 6) is -2.77. The Balaban J connectivity index is 4.79. The van der Waals surface area contributed by atoms with E-state index in [1.807, 2.05) is 0 Å². The molecule has 2 amide bonds. The summed E-state index contributed by atoms with van der Waals surface area (Å²) >= 11 is 0. The first-order valence-electron chi connectivity index (χ1n) is 6.17. The van der Waals surface area contributed by atoms with Gasteiger partial charge in [0, 0.05) is 14.0 Å². The van der Waals surface area contributed by atoms with E-state index < -0.39 is 29.8 Å². The van der Waals surface area contributed by atoms with Crippen molar-refractivity contribution in [3.63, 3.8) is 0 Å². The molecule has 0 heterocycles. The average molecular weight is 288 g/mol. The number of hydrogen-bond donors (Lipinski definition) is 1. The zero-order valence-corrected chi connectivity index (χ0v) is 12.1. The van der Waals surface area contributed by atoms with Gasteiger partial charge in [-0.05, 0) is 13.8 Å². The highest BCUT2D eigenvalue weighted by Gasteiger charge is 2.32. The number of rotatable bonds is 7. The third-order valence-electron chi connectivity index (χ3n) is 2.16. The second-order valence-electron chi connectivity index (χ2n) is 3.88. The fourth-order valence-corrected chi connectivity index (χ4v) is 1.35. The molecule has 0 aliphatic rings. The Labute approximate surface area is 117 Å². The highest BCUT2D eigenvalue weighted by molar-refractivity contribution is 6.05. The highest BCUT2D eigenvalue weighted by atomic mass is 16.5. The van der Waals surface area contributed by atoms with Crippen LogP contribution in [0.15, 0.2) is 0 Å². The van der Waals surface area contributed by atoms with Crippen LogP contribution in [0.1, 0.15) is 20.8 Å². The molecule has 1 atom stereocenters. The number of hydrogen-bond acceptors (Lipinski definition) is 6. The van der Waals surface area contributed by atoms with Gasteiger partial charge < -0.3 is 19.7 Å². The molecule has 0 aliphatic carbocycles. The number of nitrogens with one attached hydrogen (secondary N) is 1. The Morgan fingerprint density at radius 3 is 2.10 bits per heavy atom. The van der Waals surface area contributed by atoms with E-state index >= 15 is 0 Å². The van der Waals surface area contributed by atoms with Gasteiger partial charge >= 0.3 is 11.9 Å². The maximum Gasteiger partial charge on any atom is 0.338 e. The van der Waals surface area contributed by atoms with Crippen molar-refractivity contribution in [3.8, 4) is 0 Å². The van der Waals surface area contributed by atoms with Crippen LogP contribution in [0, 0.1) is 0 Å². The van der Waals surface area contributed by atoms with Crippen LogP contribution in [0.5, 0.6) is 0 Å². The molecule has 20 heavy (non-hydrogen) atoms. The van der Waals surface area contributed by atoms with Crippen LogP contribution >= 0.6 is 0 Å². The molecule has 0 spiro atoms. The standard InChI is InChI=1S/C12H20N2O6/c1-5-19-9(16)7-14(4)11(17)10(13-8(3)15)12(18)20-6-2/h10H,5-7H2,1-4H3,(H,13,15). The first kappa shape index (κ1) is 17.9. The van der Waals surface area contributed by atoms with E-state index in [4.69, 9.17) is 9.47 Å². The molecule has 0 aromatic carbocycles. The number of carbonyl (C=O) groups is 4. The van der Waals surface area contributed by atoms with E-state index in [0.29, 0.717) is 0 Å². The van der Waals surface area contributed by atoms with E-state index in [2.05, 4.69) is 5.32 Å². The Hall–Kier alpha value is -2.12. The Bertz CT molecular complexity index is 382. The average Bonchev–Trinajstić information content (AvgIpc) is 2.35. The van der Waals surface area contributed by atoms with Crippen LogP contribution in [0.3, 0.4) is 0 Å². The van der Waals surface area contributed by atoms with Crippen molar-refractivity contribution >= 4 is 23.8 Å². The highest BCUT2D eigenvalue weighted by Crippen LogP contribution is 1.98. The van der Waals surface area contributed by atoms with Crippen LogP contribution < -0.4 is 5.32 Å². The second-order valence-corrected chi connectivity index (χ2v) is 3.88. The van der Waals surface area contributed by atoms with Crippen LogP contribution in [0.2, 0.25) is 0 Å². The van der Waals surface area contributed by atoms with Crippen molar-refractivity contribution in [3.05, 3.63) is 0 Å². The van der Waals surface area contributed by atoms with Gasteiger partial charge in [-0.25, -0.2) is 4.79 Å². The zero-order valence-electron chi connectivity index (χ0n) is 12.1. The van der Waals surface area contributed by atoms with Gasteiger partial charge in [-0.15, -0.1) is 0 Å². The van der Waals surface area contributed by atoms with Crippen LogP contribution in [-0.4, -0.2) is 61.5 Å². The Morgan fingerprint density at radius 1 is 1.10 bits per heavy atom. The molecule has 114 valence electrons. The molecule has 8 nitrogen and oxygen atoms in total. The number of amides is 2. The van der Waals surface area contributed by atoms with Crippen LogP contribution in [-0.2, 0) is 28.7 Å². The third-order valence-corrected chi connectivity index (χ3v) is 2.16. The SMILES string of the molecule is CCOC(=O)CN(C)C(=O)C(NC(C)=O)C(=O)OCC. The minimum atomic E-state index is -1.47. The van der Waals surface area contributed by atoms with Gasteiger partial charge in [0.2, 0.25) is 11.9 Å². The minimum absolute atomic E-state index is 0.0732. The molecular formula is C12H20N2O6. The van der Waals surface area contributed by atoms with Crippen molar-refractivity contribution in [2.75, 3.05) is 26.8 Å². The number of nitrogens with zero attached hydrogens (tertiary/aromatic N) is 1. The van der Waals surface area contributed by atoms with Crippen molar-refractivity contribution in [2.24, 2.45) is 0 Å². The van der Waals surface area contributed by atoms with Gasteiger partial charge in [-0.1, -0.05) is 0 Å². The predicted octanol–water partition coefficient (Wildman–Crippen LogP) is -0.924. The number of likely N-dealkylation sites (N-methyl/N-ethyl adjacent to an activating group) is 1. The number of ether oxygens (including phenoxy) is 2. The lowest BCUT2D eigenvalue weighted by Gasteiger charge is -2.22. The summed E-state index contributed by atoms with van der Waals surface area (Å²) in [5.41, 5.74) is 0. The molecule has 0 saturated carbocycles. The number of carbonyl (C=O) groups excluding carboxylic acids is 4. The third kappa shape index (κ3) is 6.17. The molecule has 0 aromatic rings. The van der Waals surface area contributed by atoms with Gasteiger partial charge in [0.05, 0.1) is 13.2 Å². The van der Waals surface area contributed by atoms with Crippen molar-refractivity contribution in [1.82, 2.24) is 10.2 Å². The van der Waals surface area contributed by atoms with Crippen molar-refractivity contribution in [1.29, 1.82) is 0 Å². The maximum absolute atomic E-state index is 12.0. The topological polar surface area (TPSA) is 102 Å². The molecule has 0 rings (SSSR count). The van der Waals surface area contributed by atoms with Gasteiger partial charge in [-0.2, -0.15) is 0 Å². The summed E-state index contributed by atoms with van der Waals surface area (Å²) < 4.78 is 9.41. The zero-order chi connectivity index (χ0) is 15.7. The second kappa shape index (κ2) is 8.89. The van der Waals surface area contributed by atoms with E-state index in [0.717, 1.165) is 4.90 Å². The lowest BCUT2D eigenvalue weighted by Crippen LogP contribution is -2.53. The summed E-state index contributed by atoms with van der Waals surface area (Å²) in [6.07, 6.45) is 0. The van der Waals surface area contributed by atoms with E-state index in [1.54, 1.807) is 13.8 Å². The molecule has 1 N–H and O–H groups in total. The molecule has 0 fully saturated rings. The quantitative estimate of drug-likeness (QED) is 0.480. The Morgan fingerprint density at radius 2 is 1.65 bits per heavy atom. The first-order chi connectivity index (χ1) is 9.33. The van der Waals surface area contributed by atoms with Gasteiger partial charge in [-0.3, -0.25) is 14.4 Å². The van der Waals surface area contributed by atoms with Crippen molar-refractivity contribution < 1.29 is 28.7 Å². The summed E-state index contributed by atoms with van der Waals surface area (Å²) in [6.45, 7) is 4.33. The van der Waals surface area contributed by atoms with Crippen LogP contribution in [0.4, 0.5) is 0 Å². The van der Waals surface area contributed by atoms with E-state index in [-0.39, 0.29) is 19.8 Å². The van der Waals surface area contributed by atoms with Gasteiger partial charge in [0.25, 0.3) is 5.91 Å². The summed E-state index contributed by atoms with van der Waals surface area (Å²) in [5, 5.41) is 2.19.